The molecule has 7 heteroatoms. The average Bonchev–Trinajstić information content (AvgIpc) is 2.47. The summed E-state index contributed by atoms with van der Waals surface area (Å²) in [5, 5.41) is 20.7. The van der Waals surface area contributed by atoms with Gasteiger partial charge in [-0.15, -0.1) is 0 Å². The van der Waals surface area contributed by atoms with Crippen LogP contribution in [0.3, 0.4) is 0 Å². The second-order valence-electron chi connectivity index (χ2n) is 4.52. The third-order valence-corrected chi connectivity index (χ3v) is 3.24. The molecule has 1 heterocycles. The quantitative estimate of drug-likeness (QED) is 0.711. The van der Waals surface area contributed by atoms with Crippen molar-refractivity contribution in [2.75, 3.05) is 18.5 Å². The second-order valence-corrected chi connectivity index (χ2v) is 4.52. The number of aliphatic hydroxyl groups is 1. The van der Waals surface area contributed by atoms with Gasteiger partial charge in [0.15, 0.2) is 5.69 Å². The van der Waals surface area contributed by atoms with E-state index in [1.165, 1.54) is 17.2 Å². The molecule has 0 spiro atoms. The fraction of sp³-hybridized carbons (Fsp3) is 0.500. The lowest BCUT2D eigenvalue weighted by Crippen LogP contribution is -2.44. The van der Waals surface area contributed by atoms with Crippen LogP contribution in [0.4, 0.5) is 10.5 Å². The van der Waals surface area contributed by atoms with Crippen LogP contribution in [0, 0.1) is 0 Å². The molecule has 0 radical (unpaired) electrons. The van der Waals surface area contributed by atoms with Gasteiger partial charge in [-0.25, -0.2) is 14.6 Å². The van der Waals surface area contributed by atoms with Gasteiger partial charge in [0, 0.05) is 18.8 Å². The molecule has 2 amide bonds. The minimum atomic E-state index is -1.21. The topological polar surface area (TPSA) is 103 Å². The van der Waals surface area contributed by atoms with Crippen molar-refractivity contribution in [2.45, 2.75) is 32.7 Å². The van der Waals surface area contributed by atoms with E-state index < -0.39 is 12.0 Å². The number of carboxylic acid groups (broad SMARTS) is 1. The van der Waals surface area contributed by atoms with Crippen molar-refractivity contribution < 1.29 is 19.8 Å². The van der Waals surface area contributed by atoms with Gasteiger partial charge in [0.2, 0.25) is 0 Å². The van der Waals surface area contributed by atoms with E-state index in [1.807, 2.05) is 13.8 Å². The summed E-state index contributed by atoms with van der Waals surface area (Å²) in [6.07, 6.45) is 2.86. The van der Waals surface area contributed by atoms with E-state index >= 15 is 0 Å². The molecule has 0 aromatic carbocycles. The Balaban J connectivity index is 2.94. The second kappa shape index (κ2) is 8.21. The van der Waals surface area contributed by atoms with Crippen LogP contribution in [0.25, 0.3) is 0 Å². The molecule has 0 saturated carbocycles. The van der Waals surface area contributed by atoms with Gasteiger partial charge in [-0.05, 0) is 25.0 Å². The maximum absolute atomic E-state index is 12.3. The van der Waals surface area contributed by atoms with Gasteiger partial charge in [0.25, 0.3) is 0 Å². The van der Waals surface area contributed by atoms with Crippen LogP contribution in [0.1, 0.15) is 37.2 Å². The molecule has 7 nitrogen and oxygen atoms in total. The van der Waals surface area contributed by atoms with E-state index in [-0.39, 0.29) is 30.6 Å². The number of anilines is 1. The van der Waals surface area contributed by atoms with Crippen LogP contribution in [0.15, 0.2) is 18.3 Å². The molecule has 21 heavy (non-hydrogen) atoms. The summed E-state index contributed by atoms with van der Waals surface area (Å²) in [4.78, 5) is 28.6. The Bertz CT molecular complexity index is 489. The van der Waals surface area contributed by atoms with E-state index in [4.69, 9.17) is 10.2 Å². The summed E-state index contributed by atoms with van der Waals surface area (Å²) in [6.45, 7) is 3.96. The Morgan fingerprint density at radius 3 is 2.57 bits per heavy atom. The van der Waals surface area contributed by atoms with E-state index in [9.17, 15) is 9.59 Å². The van der Waals surface area contributed by atoms with Gasteiger partial charge in [-0.1, -0.05) is 13.8 Å². The number of aromatic carboxylic acids is 1. The molecule has 1 rings (SSSR count). The Kier molecular flexibility index (Phi) is 6.61. The standard InChI is InChI=1S/C14H21N3O4/c1-3-10(4-2)17(8-9-18)14(21)16-11-6-5-7-15-12(11)13(19)20/h5-7,10,18H,3-4,8-9H2,1-2H3,(H,16,21)(H,19,20). The number of urea groups is 1. The number of nitrogens with one attached hydrogen (secondary N) is 1. The molecule has 1 aromatic heterocycles. The Morgan fingerprint density at radius 1 is 1.38 bits per heavy atom. The van der Waals surface area contributed by atoms with Crippen molar-refractivity contribution in [3.05, 3.63) is 24.0 Å². The lowest BCUT2D eigenvalue weighted by atomic mass is 10.1. The van der Waals surface area contributed by atoms with Crippen molar-refractivity contribution in [3.8, 4) is 0 Å². The molecule has 116 valence electrons. The zero-order valence-electron chi connectivity index (χ0n) is 12.2. The highest BCUT2D eigenvalue weighted by atomic mass is 16.4. The fourth-order valence-corrected chi connectivity index (χ4v) is 2.15. The zero-order chi connectivity index (χ0) is 15.8. The predicted octanol–water partition coefficient (Wildman–Crippen LogP) is 1.79. The molecule has 3 N–H and O–H groups in total. The first kappa shape index (κ1) is 16.9. The van der Waals surface area contributed by atoms with E-state index in [0.717, 1.165) is 12.8 Å². The zero-order valence-corrected chi connectivity index (χ0v) is 12.2. The smallest absolute Gasteiger partial charge is 0.356 e. The van der Waals surface area contributed by atoms with Crippen molar-refractivity contribution in [3.63, 3.8) is 0 Å². The number of carbonyl (C=O) groups excluding carboxylic acids is 1. The number of hydrogen-bond acceptors (Lipinski definition) is 4. The molecule has 0 aliphatic heterocycles. The maximum atomic E-state index is 12.3. The first-order valence-electron chi connectivity index (χ1n) is 6.91. The van der Waals surface area contributed by atoms with Gasteiger partial charge >= 0.3 is 12.0 Å². The molecule has 0 atom stereocenters. The lowest BCUT2D eigenvalue weighted by Gasteiger charge is -2.30. The number of hydrogen-bond donors (Lipinski definition) is 3. The third kappa shape index (κ3) is 4.42. The number of amides is 2. The highest BCUT2D eigenvalue weighted by Gasteiger charge is 2.22. The monoisotopic (exact) mass is 295 g/mol. The Labute approximate surface area is 123 Å². The first-order valence-corrected chi connectivity index (χ1v) is 6.91. The van der Waals surface area contributed by atoms with Crippen LogP contribution in [-0.2, 0) is 0 Å². The minimum absolute atomic E-state index is 0.0119. The van der Waals surface area contributed by atoms with Crippen LogP contribution in [0.5, 0.6) is 0 Å². The normalized spacial score (nSPS) is 10.5. The highest BCUT2D eigenvalue weighted by Crippen LogP contribution is 2.15. The minimum Gasteiger partial charge on any atom is -0.476 e. The van der Waals surface area contributed by atoms with Crippen LogP contribution < -0.4 is 5.32 Å². The Hall–Kier alpha value is -2.15. The Morgan fingerprint density at radius 2 is 2.05 bits per heavy atom. The fourth-order valence-electron chi connectivity index (χ4n) is 2.15. The molecule has 0 aliphatic carbocycles. The van der Waals surface area contributed by atoms with Gasteiger partial charge < -0.3 is 20.4 Å². The lowest BCUT2D eigenvalue weighted by molar-refractivity contribution is 0.0691. The molecular formula is C14H21N3O4. The van der Waals surface area contributed by atoms with Crippen molar-refractivity contribution >= 4 is 17.7 Å². The number of nitrogens with zero attached hydrogens (tertiary/aromatic N) is 2. The van der Waals surface area contributed by atoms with E-state index in [2.05, 4.69) is 10.3 Å². The van der Waals surface area contributed by atoms with Crippen molar-refractivity contribution in [2.24, 2.45) is 0 Å². The summed E-state index contributed by atoms with van der Waals surface area (Å²) in [7, 11) is 0. The molecule has 0 saturated heterocycles. The number of aromatic nitrogens is 1. The average molecular weight is 295 g/mol. The molecule has 1 aromatic rings. The number of rotatable bonds is 7. The summed E-state index contributed by atoms with van der Waals surface area (Å²) in [6, 6.07) is 2.59. The largest absolute Gasteiger partial charge is 0.476 e. The predicted molar refractivity (Wildman–Crippen MR) is 78.4 cm³/mol. The molecule has 0 unspecified atom stereocenters. The summed E-state index contributed by atoms with van der Waals surface area (Å²) < 4.78 is 0. The summed E-state index contributed by atoms with van der Waals surface area (Å²) in [5.41, 5.74) is -0.0664. The highest BCUT2D eigenvalue weighted by molar-refractivity contribution is 5.98. The first-order chi connectivity index (χ1) is 10.0. The maximum Gasteiger partial charge on any atom is 0.356 e. The molecular weight excluding hydrogens is 274 g/mol. The van der Waals surface area contributed by atoms with E-state index in [1.54, 1.807) is 6.07 Å². The van der Waals surface area contributed by atoms with Crippen molar-refractivity contribution in [1.29, 1.82) is 0 Å². The number of aliphatic hydroxyl groups excluding tert-OH is 1. The third-order valence-electron chi connectivity index (χ3n) is 3.24. The van der Waals surface area contributed by atoms with Crippen LogP contribution in [0.2, 0.25) is 0 Å². The van der Waals surface area contributed by atoms with Crippen LogP contribution in [-0.4, -0.2) is 51.3 Å². The van der Waals surface area contributed by atoms with Crippen molar-refractivity contribution in [1.82, 2.24) is 9.88 Å². The molecule has 0 fully saturated rings. The van der Waals surface area contributed by atoms with Gasteiger partial charge in [-0.2, -0.15) is 0 Å². The summed E-state index contributed by atoms with van der Waals surface area (Å²) in [5.74, 6) is -1.21. The van der Waals surface area contributed by atoms with Gasteiger partial charge in [-0.3, -0.25) is 0 Å². The summed E-state index contributed by atoms with van der Waals surface area (Å²) >= 11 is 0. The van der Waals surface area contributed by atoms with Gasteiger partial charge in [0.05, 0.1) is 12.3 Å². The molecule has 0 aliphatic rings. The van der Waals surface area contributed by atoms with Crippen LogP contribution >= 0.6 is 0 Å². The van der Waals surface area contributed by atoms with E-state index in [0.29, 0.717) is 0 Å². The number of pyridine rings is 1. The number of carbonyl (C=O) groups is 2. The number of carboxylic acids is 1. The SMILES string of the molecule is CCC(CC)N(CCO)C(=O)Nc1cccnc1C(=O)O. The molecule has 0 bridgehead atoms. The van der Waals surface area contributed by atoms with Gasteiger partial charge in [0.1, 0.15) is 0 Å².